The van der Waals surface area contributed by atoms with E-state index in [1.807, 2.05) is 6.92 Å². The first-order valence-corrected chi connectivity index (χ1v) is 4.86. The van der Waals surface area contributed by atoms with E-state index >= 15 is 0 Å². The second kappa shape index (κ2) is 5.29. The van der Waals surface area contributed by atoms with E-state index in [1.165, 1.54) is 5.06 Å². The van der Waals surface area contributed by atoms with Gasteiger partial charge < -0.3 is 9.47 Å². The zero-order chi connectivity index (χ0) is 10.6. The third-order valence-electron chi connectivity index (χ3n) is 2.05. The van der Waals surface area contributed by atoms with Crippen LogP contribution in [0.5, 0.6) is 0 Å². The number of carbonyl (C=O) groups is 1. The Bertz CT molecular complexity index is 197. The largest absolute Gasteiger partial charge is 0.465 e. The first-order valence-electron chi connectivity index (χ1n) is 4.86. The molecule has 0 spiro atoms. The molecular weight excluding hydrogens is 186 g/mol. The minimum absolute atomic E-state index is 0.253. The minimum atomic E-state index is -0.341. The first kappa shape index (κ1) is 11.4. The van der Waals surface area contributed by atoms with Gasteiger partial charge in [-0.05, 0) is 13.8 Å². The normalized spacial score (nSPS) is 27.9. The summed E-state index contributed by atoms with van der Waals surface area (Å²) in [5.74, 6) is -0.253. The predicted octanol–water partition coefficient (Wildman–Crippen LogP) is 0.548. The van der Waals surface area contributed by atoms with Crippen LogP contribution < -0.4 is 0 Å². The molecule has 0 bridgehead atoms. The van der Waals surface area contributed by atoms with Crippen molar-refractivity contribution in [2.75, 3.05) is 20.3 Å². The smallest absolute Gasteiger partial charge is 0.325 e. The molecule has 0 N–H and O–H groups in total. The van der Waals surface area contributed by atoms with Gasteiger partial charge in [0, 0.05) is 20.1 Å². The van der Waals surface area contributed by atoms with Gasteiger partial charge in [-0.2, -0.15) is 5.06 Å². The lowest BCUT2D eigenvalue weighted by atomic mass is 10.2. The van der Waals surface area contributed by atoms with Gasteiger partial charge in [0.2, 0.25) is 0 Å². The summed E-state index contributed by atoms with van der Waals surface area (Å²) < 4.78 is 10.2. The van der Waals surface area contributed by atoms with E-state index in [0.717, 1.165) is 0 Å². The highest BCUT2D eigenvalue weighted by atomic mass is 16.8. The fourth-order valence-corrected chi connectivity index (χ4v) is 1.40. The molecule has 1 rings (SSSR count). The number of hydrogen-bond donors (Lipinski definition) is 0. The van der Waals surface area contributed by atoms with E-state index in [0.29, 0.717) is 19.6 Å². The lowest BCUT2D eigenvalue weighted by Gasteiger charge is -2.14. The van der Waals surface area contributed by atoms with Crippen LogP contribution in [0, 0.1) is 0 Å². The molecule has 0 aromatic carbocycles. The van der Waals surface area contributed by atoms with Gasteiger partial charge in [-0.15, -0.1) is 0 Å². The van der Waals surface area contributed by atoms with Crippen molar-refractivity contribution in [2.45, 2.75) is 32.6 Å². The number of hydroxylamine groups is 2. The molecule has 2 atom stereocenters. The molecule has 0 unspecified atom stereocenters. The van der Waals surface area contributed by atoms with Crippen LogP contribution in [0.3, 0.4) is 0 Å². The van der Waals surface area contributed by atoms with Crippen molar-refractivity contribution in [2.24, 2.45) is 0 Å². The molecule has 5 nitrogen and oxygen atoms in total. The molecular formula is C9H17NO4. The molecule has 1 saturated heterocycles. The van der Waals surface area contributed by atoms with Crippen molar-refractivity contribution in [3.8, 4) is 0 Å². The summed E-state index contributed by atoms with van der Waals surface area (Å²) in [6, 6.07) is -0.341. The van der Waals surface area contributed by atoms with E-state index in [4.69, 9.17) is 14.3 Å². The van der Waals surface area contributed by atoms with Crippen molar-refractivity contribution in [1.29, 1.82) is 0 Å². The van der Waals surface area contributed by atoms with Crippen LogP contribution in [0.1, 0.15) is 20.3 Å². The summed E-state index contributed by atoms with van der Waals surface area (Å²) in [7, 11) is 1.71. The van der Waals surface area contributed by atoms with Gasteiger partial charge in [-0.1, -0.05) is 0 Å². The van der Waals surface area contributed by atoms with Gasteiger partial charge in [0.25, 0.3) is 0 Å². The number of ether oxygens (including phenoxy) is 2. The Balaban J connectivity index is 2.43. The van der Waals surface area contributed by atoms with Gasteiger partial charge in [0.1, 0.15) is 6.04 Å². The standard InChI is InChI=1S/C9H17NO4/c1-4-12-8-6-7(10(3)14-8)9(11)13-5-2/h7-8H,4-6H2,1-3H3/t7-,8-/m1/s1. The summed E-state index contributed by atoms with van der Waals surface area (Å²) in [5, 5.41) is 1.50. The van der Waals surface area contributed by atoms with Crippen LogP contribution in [0.2, 0.25) is 0 Å². The predicted molar refractivity (Wildman–Crippen MR) is 49.3 cm³/mol. The van der Waals surface area contributed by atoms with Crippen LogP contribution in [0.15, 0.2) is 0 Å². The van der Waals surface area contributed by atoms with E-state index in [2.05, 4.69) is 0 Å². The summed E-state index contributed by atoms with van der Waals surface area (Å²) in [4.78, 5) is 16.7. The Hall–Kier alpha value is -0.650. The molecule has 5 heteroatoms. The van der Waals surface area contributed by atoms with Crippen molar-refractivity contribution < 1.29 is 19.1 Å². The topological polar surface area (TPSA) is 48.0 Å². The molecule has 0 aliphatic carbocycles. The second-order valence-electron chi connectivity index (χ2n) is 3.04. The summed E-state index contributed by atoms with van der Waals surface area (Å²) in [6.45, 7) is 4.64. The molecule has 1 aliphatic rings. The minimum Gasteiger partial charge on any atom is -0.465 e. The van der Waals surface area contributed by atoms with Crippen LogP contribution in [0.4, 0.5) is 0 Å². The molecule has 0 saturated carbocycles. The number of hydrogen-bond acceptors (Lipinski definition) is 5. The average molecular weight is 203 g/mol. The highest BCUT2D eigenvalue weighted by molar-refractivity contribution is 5.75. The Kier molecular flexibility index (Phi) is 4.31. The Labute approximate surface area is 83.9 Å². The maximum absolute atomic E-state index is 11.4. The number of rotatable bonds is 4. The molecule has 0 aromatic heterocycles. The SMILES string of the molecule is CCOC(=O)[C@H]1C[C@H](OCC)ON1C. The van der Waals surface area contributed by atoms with Crippen molar-refractivity contribution in [1.82, 2.24) is 5.06 Å². The zero-order valence-corrected chi connectivity index (χ0v) is 8.86. The maximum Gasteiger partial charge on any atom is 0.325 e. The maximum atomic E-state index is 11.4. The van der Waals surface area contributed by atoms with Crippen LogP contribution in [0.25, 0.3) is 0 Å². The molecule has 0 radical (unpaired) electrons. The van der Waals surface area contributed by atoms with Gasteiger partial charge >= 0.3 is 5.97 Å². The molecule has 14 heavy (non-hydrogen) atoms. The monoisotopic (exact) mass is 203 g/mol. The molecule has 82 valence electrons. The van der Waals surface area contributed by atoms with E-state index in [1.54, 1.807) is 14.0 Å². The van der Waals surface area contributed by atoms with Crippen LogP contribution in [-0.2, 0) is 19.1 Å². The molecule has 1 fully saturated rings. The highest BCUT2D eigenvalue weighted by Gasteiger charge is 2.37. The van der Waals surface area contributed by atoms with Crippen molar-refractivity contribution in [3.63, 3.8) is 0 Å². The number of esters is 1. The Morgan fingerprint density at radius 3 is 2.79 bits per heavy atom. The van der Waals surface area contributed by atoms with Gasteiger partial charge in [0.15, 0.2) is 6.29 Å². The third-order valence-corrected chi connectivity index (χ3v) is 2.05. The fraction of sp³-hybridized carbons (Fsp3) is 0.889. The first-order chi connectivity index (χ1) is 6.69. The quantitative estimate of drug-likeness (QED) is 0.624. The summed E-state index contributed by atoms with van der Waals surface area (Å²) in [6.07, 6.45) is 0.211. The van der Waals surface area contributed by atoms with Gasteiger partial charge in [-0.3, -0.25) is 9.63 Å². The number of nitrogens with zero attached hydrogens (tertiary/aromatic N) is 1. The average Bonchev–Trinajstić information content (AvgIpc) is 2.48. The summed E-state index contributed by atoms with van der Waals surface area (Å²) >= 11 is 0. The van der Waals surface area contributed by atoms with Crippen LogP contribution in [-0.4, -0.2) is 43.6 Å². The van der Waals surface area contributed by atoms with Gasteiger partial charge in [0.05, 0.1) is 6.61 Å². The van der Waals surface area contributed by atoms with Crippen LogP contribution >= 0.6 is 0 Å². The van der Waals surface area contributed by atoms with Crippen molar-refractivity contribution >= 4 is 5.97 Å². The summed E-state index contributed by atoms with van der Waals surface area (Å²) in [5.41, 5.74) is 0. The molecule has 1 heterocycles. The van der Waals surface area contributed by atoms with E-state index in [9.17, 15) is 4.79 Å². The third kappa shape index (κ3) is 2.67. The fourth-order valence-electron chi connectivity index (χ4n) is 1.40. The number of carbonyl (C=O) groups excluding carboxylic acids is 1. The lowest BCUT2D eigenvalue weighted by molar-refractivity contribution is -0.228. The van der Waals surface area contributed by atoms with E-state index < -0.39 is 0 Å². The zero-order valence-electron chi connectivity index (χ0n) is 8.86. The molecule has 1 aliphatic heterocycles. The molecule has 0 aromatic rings. The Morgan fingerprint density at radius 1 is 1.50 bits per heavy atom. The molecule has 0 amide bonds. The van der Waals surface area contributed by atoms with Gasteiger partial charge in [-0.25, -0.2) is 0 Å². The second-order valence-corrected chi connectivity index (χ2v) is 3.04. The van der Waals surface area contributed by atoms with Crippen molar-refractivity contribution in [3.05, 3.63) is 0 Å². The Morgan fingerprint density at radius 2 is 2.21 bits per heavy atom. The highest BCUT2D eigenvalue weighted by Crippen LogP contribution is 2.20. The lowest BCUT2D eigenvalue weighted by Crippen LogP contribution is -2.33. The van der Waals surface area contributed by atoms with E-state index in [-0.39, 0.29) is 18.3 Å². The number of likely N-dealkylation sites (N-methyl/N-ethyl adjacent to an activating group) is 1.